The lowest BCUT2D eigenvalue weighted by atomic mass is 10.1. The van der Waals surface area contributed by atoms with Crippen LogP contribution in [0.1, 0.15) is 10.4 Å². The predicted molar refractivity (Wildman–Crippen MR) is 69.7 cm³/mol. The molecule has 0 unspecified atom stereocenters. The molecule has 1 aromatic carbocycles. The molecule has 0 aliphatic rings. The number of aromatic nitrogens is 1. The number of benzene rings is 1. The fraction of sp³-hybridized carbons (Fsp3) is 0. The van der Waals surface area contributed by atoms with Gasteiger partial charge < -0.3 is 15.5 Å². The first kappa shape index (κ1) is 12.4. The van der Waals surface area contributed by atoms with Gasteiger partial charge in [0.25, 0.3) is 5.91 Å². The maximum atomic E-state index is 11.9. The number of hydrogen-bond donors (Lipinski definition) is 3. The number of nitrogens with zero attached hydrogens (tertiary/aromatic N) is 1. The number of para-hydroxylation sites is 1. The van der Waals surface area contributed by atoms with Crippen LogP contribution in [-0.2, 0) is 0 Å². The molecule has 0 fully saturated rings. The van der Waals surface area contributed by atoms with E-state index in [1.807, 2.05) is 0 Å². The summed E-state index contributed by atoms with van der Waals surface area (Å²) < 4.78 is 0.623. The molecule has 1 aromatic heterocycles. The van der Waals surface area contributed by atoms with Crippen molar-refractivity contribution in [1.82, 2.24) is 4.98 Å². The molecular weight excluding hydrogens is 300 g/mol. The van der Waals surface area contributed by atoms with E-state index in [0.29, 0.717) is 10.3 Å². The molecule has 1 heterocycles. The van der Waals surface area contributed by atoms with Gasteiger partial charge in [0, 0.05) is 6.20 Å². The van der Waals surface area contributed by atoms with E-state index in [1.165, 1.54) is 24.4 Å². The number of anilines is 1. The van der Waals surface area contributed by atoms with E-state index in [0.717, 1.165) is 0 Å². The van der Waals surface area contributed by atoms with Gasteiger partial charge in [0.15, 0.2) is 11.5 Å². The number of pyridine rings is 1. The Balaban J connectivity index is 2.28. The minimum atomic E-state index is -0.553. The maximum Gasteiger partial charge on any atom is 0.260 e. The molecule has 0 radical (unpaired) electrons. The van der Waals surface area contributed by atoms with Crippen LogP contribution in [0.25, 0.3) is 0 Å². The van der Waals surface area contributed by atoms with Gasteiger partial charge in [-0.15, -0.1) is 0 Å². The summed E-state index contributed by atoms with van der Waals surface area (Å²) in [5, 5.41) is 21.4. The van der Waals surface area contributed by atoms with Crippen molar-refractivity contribution in [2.75, 3.05) is 5.32 Å². The number of aromatic hydroxyl groups is 2. The van der Waals surface area contributed by atoms with Crippen molar-refractivity contribution in [3.05, 3.63) is 46.6 Å². The second kappa shape index (κ2) is 5.05. The molecule has 92 valence electrons. The number of hydrogen-bond acceptors (Lipinski definition) is 4. The second-order valence-electron chi connectivity index (χ2n) is 3.46. The normalized spacial score (nSPS) is 10.1. The quantitative estimate of drug-likeness (QED) is 0.744. The number of carbonyl (C=O) groups excluding carboxylic acids is 1. The zero-order chi connectivity index (χ0) is 13.1. The third-order valence-electron chi connectivity index (χ3n) is 2.25. The number of nitrogens with one attached hydrogen (secondary N) is 1. The minimum Gasteiger partial charge on any atom is -0.504 e. The molecule has 5 nitrogen and oxygen atoms in total. The molecule has 18 heavy (non-hydrogen) atoms. The molecule has 1 amide bonds. The van der Waals surface area contributed by atoms with Crippen LogP contribution < -0.4 is 5.32 Å². The summed E-state index contributed by atoms with van der Waals surface area (Å²) in [7, 11) is 0. The smallest absolute Gasteiger partial charge is 0.260 e. The Hall–Kier alpha value is -2.08. The number of phenolic OH excluding ortho intramolecular Hbond substituents is 2. The fourth-order valence-corrected chi connectivity index (χ4v) is 1.72. The van der Waals surface area contributed by atoms with Crippen molar-refractivity contribution in [1.29, 1.82) is 0 Å². The van der Waals surface area contributed by atoms with E-state index in [9.17, 15) is 15.0 Å². The largest absolute Gasteiger partial charge is 0.504 e. The highest BCUT2D eigenvalue weighted by molar-refractivity contribution is 9.10. The summed E-state index contributed by atoms with van der Waals surface area (Å²) in [6.45, 7) is 0. The Morgan fingerprint density at radius 1 is 1.22 bits per heavy atom. The summed E-state index contributed by atoms with van der Waals surface area (Å²) in [5.41, 5.74) is -0.0208. The van der Waals surface area contributed by atoms with Gasteiger partial charge >= 0.3 is 0 Å². The van der Waals surface area contributed by atoms with Crippen LogP contribution in [0, 0.1) is 0 Å². The fourth-order valence-electron chi connectivity index (χ4n) is 1.37. The summed E-state index contributed by atoms with van der Waals surface area (Å²) in [5.74, 6) is -1.02. The van der Waals surface area contributed by atoms with Gasteiger partial charge in [-0.3, -0.25) is 4.79 Å². The van der Waals surface area contributed by atoms with Crippen LogP contribution >= 0.6 is 15.9 Å². The van der Waals surface area contributed by atoms with Gasteiger partial charge in [-0.1, -0.05) is 6.07 Å². The highest BCUT2D eigenvalue weighted by atomic mass is 79.9. The molecule has 0 aliphatic heterocycles. The van der Waals surface area contributed by atoms with Crippen LogP contribution in [0.15, 0.2) is 41.0 Å². The first-order valence-corrected chi connectivity index (χ1v) is 5.81. The van der Waals surface area contributed by atoms with Gasteiger partial charge in [0.05, 0.1) is 10.0 Å². The van der Waals surface area contributed by atoms with E-state index < -0.39 is 11.7 Å². The number of halogens is 1. The lowest BCUT2D eigenvalue weighted by molar-refractivity contribution is 0.102. The summed E-state index contributed by atoms with van der Waals surface area (Å²) in [6.07, 6.45) is 1.53. The molecule has 6 heteroatoms. The van der Waals surface area contributed by atoms with Gasteiger partial charge in [0.1, 0.15) is 5.82 Å². The first-order chi connectivity index (χ1) is 8.59. The Bertz CT molecular complexity index is 602. The molecule has 2 aromatic rings. The Kier molecular flexibility index (Phi) is 3.47. The van der Waals surface area contributed by atoms with Crippen LogP contribution in [0.5, 0.6) is 11.5 Å². The lowest BCUT2D eigenvalue weighted by Crippen LogP contribution is -2.13. The SMILES string of the molecule is O=C(Nc1ncccc1Br)c1cccc(O)c1O. The maximum absolute atomic E-state index is 11.9. The summed E-state index contributed by atoms with van der Waals surface area (Å²) >= 11 is 3.24. The van der Waals surface area contributed by atoms with Crippen molar-refractivity contribution in [3.63, 3.8) is 0 Å². The monoisotopic (exact) mass is 308 g/mol. The van der Waals surface area contributed by atoms with Gasteiger partial charge in [-0.05, 0) is 40.2 Å². The van der Waals surface area contributed by atoms with Gasteiger partial charge in [-0.2, -0.15) is 0 Å². The van der Waals surface area contributed by atoms with Crippen LogP contribution in [0.2, 0.25) is 0 Å². The molecule has 0 saturated heterocycles. The van der Waals surface area contributed by atoms with Crippen LogP contribution in [0.3, 0.4) is 0 Å². The zero-order valence-electron chi connectivity index (χ0n) is 9.09. The average molecular weight is 309 g/mol. The van der Waals surface area contributed by atoms with Crippen molar-refractivity contribution in [2.24, 2.45) is 0 Å². The third kappa shape index (κ3) is 2.43. The van der Waals surface area contributed by atoms with Crippen molar-refractivity contribution in [3.8, 4) is 11.5 Å². The lowest BCUT2D eigenvalue weighted by Gasteiger charge is -2.08. The number of carbonyl (C=O) groups is 1. The van der Waals surface area contributed by atoms with Crippen LogP contribution in [-0.4, -0.2) is 21.1 Å². The second-order valence-corrected chi connectivity index (χ2v) is 4.32. The predicted octanol–water partition coefficient (Wildman–Crippen LogP) is 2.51. The molecule has 0 saturated carbocycles. The standard InChI is InChI=1S/C12H9BrN2O3/c13-8-4-2-6-14-11(8)15-12(18)7-3-1-5-9(16)10(7)17/h1-6,16-17H,(H,14,15,18). The zero-order valence-corrected chi connectivity index (χ0v) is 10.7. The Labute approximate surface area is 111 Å². The summed E-state index contributed by atoms with van der Waals surface area (Å²) in [4.78, 5) is 15.9. The van der Waals surface area contributed by atoms with E-state index >= 15 is 0 Å². The van der Waals surface area contributed by atoms with Gasteiger partial charge in [-0.25, -0.2) is 4.98 Å². The van der Waals surface area contributed by atoms with E-state index in [1.54, 1.807) is 12.1 Å². The number of rotatable bonds is 2. The van der Waals surface area contributed by atoms with Crippen molar-refractivity contribution >= 4 is 27.7 Å². The minimum absolute atomic E-state index is 0.0208. The molecular formula is C12H9BrN2O3. The Morgan fingerprint density at radius 3 is 2.72 bits per heavy atom. The van der Waals surface area contributed by atoms with Crippen molar-refractivity contribution in [2.45, 2.75) is 0 Å². The summed E-state index contributed by atoms with van der Waals surface area (Å²) in [6, 6.07) is 7.61. The molecule has 0 aliphatic carbocycles. The van der Waals surface area contributed by atoms with Crippen LogP contribution in [0.4, 0.5) is 5.82 Å². The van der Waals surface area contributed by atoms with E-state index in [-0.39, 0.29) is 11.3 Å². The average Bonchev–Trinajstić information content (AvgIpc) is 2.35. The van der Waals surface area contributed by atoms with E-state index in [2.05, 4.69) is 26.2 Å². The topological polar surface area (TPSA) is 82.5 Å². The highest BCUT2D eigenvalue weighted by Gasteiger charge is 2.15. The number of phenols is 2. The molecule has 0 spiro atoms. The van der Waals surface area contributed by atoms with Crippen molar-refractivity contribution < 1.29 is 15.0 Å². The highest BCUT2D eigenvalue weighted by Crippen LogP contribution is 2.29. The first-order valence-electron chi connectivity index (χ1n) is 5.02. The van der Waals surface area contributed by atoms with Gasteiger partial charge in [0.2, 0.25) is 0 Å². The molecule has 3 N–H and O–H groups in total. The number of amides is 1. The van der Waals surface area contributed by atoms with E-state index in [4.69, 9.17) is 0 Å². The molecule has 0 atom stereocenters. The third-order valence-corrected chi connectivity index (χ3v) is 2.89. The Morgan fingerprint density at radius 2 is 2.00 bits per heavy atom. The molecule has 2 rings (SSSR count). The molecule has 0 bridgehead atoms.